The van der Waals surface area contributed by atoms with Gasteiger partial charge in [0, 0.05) is 6.42 Å². The maximum Gasteiger partial charge on any atom is 0.306 e. The number of sulfone groups is 1. The number of hydrogen-bond donors (Lipinski definition) is 1. The molecule has 110 valence electrons. The van der Waals surface area contributed by atoms with E-state index in [-0.39, 0.29) is 17.1 Å². The van der Waals surface area contributed by atoms with Crippen LogP contribution in [0.4, 0.5) is 0 Å². The lowest BCUT2D eigenvalue weighted by molar-refractivity contribution is -0.141. The van der Waals surface area contributed by atoms with E-state index in [1.165, 1.54) is 12.1 Å². The molecule has 0 saturated carbocycles. The molecule has 1 rings (SSSR count). The summed E-state index contributed by atoms with van der Waals surface area (Å²) in [6, 6.07) is 6.01. The van der Waals surface area contributed by atoms with Crippen molar-refractivity contribution in [3.8, 4) is 0 Å². The van der Waals surface area contributed by atoms with Gasteiger partial charge in [-0.1, -0.05) is 26.0 Å². The molecule has 0 aliphatic heterocycles. The fourth-order valence-corrected chi connectivity index (χ4v) is 3.02. The Morgan fingerprint density at radius 3 is 2.20 bits per heavy atom. The van der Waals surface area contributed by atoms with Gasteiger partial charge in [-0.3, -0.25) is 9.59 Å². The molecular weight excluding hydrogens is 280 g/mol. The quantitative estimate of drug-likeness (QED) is 0.827. The molecule has 0 radical (unpaired) electrons. The fraction of sp³-hybridized carbons (Fsp3) is 0.429. The zero-order valence-corrected chi connectivity index (χ0v) is 12.3. The molecule has 1 aromatic rings. The Bertz CT molecular complexity index is 586. The maximum atomic E-state index is 11.9. The number of carboxylic acids is 1. The first-order chi connectivity index (χ1) is 9.26. The van der Waals surface area contributed by atoms with E-state index < -0.39 is 27.5 Å². The predicted octanol–water partition coefficient (Wildman–Crippen LogP) is 1.70. The van der Waals surface area contributed by atoms with E-state index in [4.69, 9.17) is 5.11 Å². The number of carbonyl (C=O) groups excluding carboxylic acids is 1. The van der Waals surface area contributed by atoms with Crippen LogP contribution in [0.15, 0.2) is 29.2 Å². The molecule has 1 aromatic carbocycles. The molecule has 0 aliphatic rings. The number of carbonyl (C=O) groups is 2. The number of rotatable bonds is 7. The van der Waals surface area contributed by atoms with Crippen molar-refractivity contribution in [2.75, 3.05) is 5.75 Å². The SMILES string of the molecule is CCC(=O)CS(=O)(=O)c1ccc(CC(C)C(=O)O)cc1. The van der Waals surface area contributed by atoms with Gasteiger partial charge >= 0.3 is 5.97 Å². The normalized spacial score (nSPS) is 12.9. The van der Waals surface area contributed by atoms with E-state index >= 15 is 0 Å². The van der Waals surface area contributed by atoms with Crippen LogP contribution < -0.4 is 0 Å². The fourth-order valence-electron chi connectivity index (χ4n) is 1.67. The molecule has 6 heteroatoms. The summed E-state index contributed by atoms with van der Waals surface area (Å²) in [6.07, 6.45) is 0.525. The molecule has 1 atom stereocenters. The van der Waals surface area contributed by atoms with Crippen LogP contribution in [0.1, 0.15) is 25.8 Å². The van der Waals surface area contributed by atoms with Crippen molar-refractivity contribution >= 4 is 21.6 Å². The van der Waals surface area contributed by atoms with Crippen LogP contribution in [0.3, 0.4) is 0 Å². The zero-order chi connectivity index (χ0) is 15.3. The Balaban J connectivity index is 2.86. The maximum absolute atomic E-state index is 11.9. The van der Waals surface area contributed by atoms with Gasteiger partial charge < -0.3 is 5.11 Å². The standard InChI is InChI=1S/C14H18O5S/c1-3-12(15)9-20(18,19)13-6-4-11(5-7-13)8-10(2)14(16)17/h4-7,10H,3,8-9H2,1-2H3,(H,16,17). The Kier molecular flexibility index (Phi) is 5.44. The first kappa shape index (κ1) is 16.4. The number of ketones is 1. The first-order valence-corrected chi connectivity index (χ1v) is 7.97. The highest BCUT2D eigenvalue weighted by molar-refractivity contribution is 7.92. The van der Waals surface area contributed by atoms with Gasteiger partial charge in [-0.15, -0.1) is 0 Å². The Morgan fingerprint density at radius 2 is 1.75 bits per heavy atom. The van der Waals surface area contributed by atoms with Crippen LogP contribution in [0.2, 0.25) is 0 Å². The monoisotopic (exact) mass is 298 g/mol. The van der Waals surface area contributed by atoms with Crippen LogP contribution in [0.25, 0.3) is 0 Å². The van der Waals surface area contributed by atoms with Gasteiger partial charge in [0.1, 0.15) is 11.5 Å². The highest BCUT2D eigenvalue weighted by Crippen LogP contribution is 2.15. The second kappa shape index (κ2) is 6.65. The molecule has 0 bridgehead atoms. The minimum absolute atomic E-state index is 0.0889. The van der Waals surface area contributed by atoms with Gasteiger partial charge in [0.2, 0.25) is 0 Å². The molecule has 1 N–H and O–H groups in total. The molecule has 0 aromatic heterocycles. The van der Waals surface area contributed by atoms with E-state index in [2.05, 4.69) is 0 Å². The molecular formula is C14H18O5S. The molecule has 0 fully saturated rings. The average molecular weight is 298 g/mol. The van der Waals surface area contributed by atoms with Gasteiger partial charge in [-0.2, -0.15) is 0 Å². The molecule has 0 amide bonds. The van der Waals surface area contributed by atoms with E-state index in [0.29, 0.717) is 6.42 Å². The molecule has 0 heterocycles. The van der Waals surface area contributed by atoms with E-state index in [1.54, 1.807) is 26.0 Å². The zero-order valence-electron chi connectivity index (χ0n) is 11.5. The van der Waals surface area contributed by atoms with Crippen molar-refractivity contribution in [3.63, 3.8) is 0 Å². The third-order valence-corrected chi connectivity index (χ3v) is 4.68. The smallest absolute Gasteiger partial charge is 0.306 e. The molecule has 5 nitrogen and oxygen atoms in total. The third kappa shape index (κ3) is 4.45. The van der Waals surface area contributed by atoms with Crippen molar-refractivity contribution in [2.45, 2.75) is 31.6 Å². The summed E-state index contributed by atoms with van der Waals surface area (Å²) in [5.74, 6) is -2.24. The molecule has 1 unspecified atom stereocenters. The summed E-state index contributed by atoms with van der Waals surface area (Å²) >= 11 is 0. The topological polar surface area (TPSA) is 88.5 Å². The van der Waals surface area contributed by atoms with Gasteiger partial charge in [0.25, 0.3) is 0 Å². The van der Waals surface area contributed by atoms with Crippen LogP contribution >= 0.6 is 0 Å². The first-order valence-electron chi connectivity index (χ1n) is 6.32. The number of carboxylic acid groups (broad SMARTS) is 1. The van der Waals surface area contributed by atoms with Crippen molar-refractivity contribution in [2.24, 2.45) is 5.92 Å². The second-order valence-corrected chi connectivity index (χ2v) is 6.73. The van der Waals surface area contributed by atoms with Crippen molar-refractivity contribution < 1.29 is 23.1 Å². The highest BCUT2D eigenvalue weighted by Gasteiger charge is 2.18. The lowest BCUT2D eigenvalue weighted by atomic mass is 10.0. The highest BCUT2D eigenvalue weighted by atomic mass is 32.2. The third-order valence-electron chi connectivity index (χ3n) is 2.99. The summed E-state index contributed by atoms with van der Waals surface area (Å²) in [7, 11) is -3.60. The minimum Gasteiger partial charge on any atom is -0.481 e. The number of benzene rings is 1. The number of aliphatic carboxylic acids is 1. The minimum atomic E-state index is -3.60. The largest absolute Gasteiger partial charge is 0.481 e. The van der Waals surface area contributed by atoms with Crippen LogP contribution in [-0.4, -0.2) is 31.0 Å². The summed E-state index contributed by atoms with van der Waals surface area (Å²) in [6.45, 7) is 3.21. The van der Waals surface area contributed by atoms with Crippen LogP contribution in [0, 0.1) is 5.92 Å². The Morgan fingerprint density at radius 1 is 1.20 bits per heavy atom. The van der Waals surface area contributed by atoms with Crippen LogP contribution in [0.5, 0.6) is 0 Å². The number of hydrogen-bond acceptors (Lipinski definition) is 4. The molecule has 20 heavy (non-hydrogen) atoms. The van der Waals surface area contributed by atoms with Gasteiger partial charge in [0.15, 0.2) is 9.84 Å². The Hall–Kier alpha value is -1.69. The molecule has 0 spiro atoms. The summed E-state index contributed by atoms with van der Waals surface area (Å²) < 4.78 is 23.9. The van der Waals surface area contributed by atoms with E-state index in [0.717, 1.165) is 5.56 Å². The van der Waals surface area contributed by atoms with Crippen molar-refractivity contribution in [3.05, 3.63) is 29.8 Å². The molecule has 0 saturated heterocycles. The molecule has 0 aliphatic carbocycles. The van der Waals surface area contributed by atoms with Gasteiger partial charge in [-0.05, 0) is 24.1 Å². The number of Topliss-reactive ketones (excluding diaryl/α,β-unsaturated/α-hetero) is 1. The second-order valence-electron chi connectivity index (χ2n) is 4.74. The lowest BCUT2D eigenvalue weighted by Gasteiger charge is -2.07. The summed E-state index contributed by atoms with van der Waals surface area (Å²) in [5, 5.41) is 8.82. The Labute approximate surface area is 118 Å². The predicted molar refractivity (Wildman–Crippen MR) is 74.3 cm³/mol. The average Bonchev–Trinajstić information content (AvgIpc) is 2.38. The van der Waals surface area contributed by atoms with E-state index in [1.807, 2.05) is 0 Å². The van der Waals surface area contributed by atoms with Crippen LogP contribution in [-0.2, 0) is 25.8 Å². The lowest BCUT2D eigenvalue weighted by Crippen LogP contribution is -2.15. The van der Waals surface area contributed by atoms with Crippen molar-refractivity contribution in [1.82, 2.24) is 0 Å². The van der Waals surface area contributed by atoms with Gasteiger partial charge in [0.05, 0.1) is 10.8 Å². The summed E-state index contributed by atoms with van der Waals surface area (Å²) in [5.41, 5.74) is 0.751. The van der Waals surface area contributed by atoms with Crippen molar-refractivity contribution in [1.29, 1.82) is 0 Å². The van der Waals surface area contributed by atoms with Gasteiger partial charge in [-0.25, -0.2) is 8.42 Å². The van der Waals surface area contributed by atoms with E-state index in [9.17, 15) is 18.0 Å². The summed E-state index contributed by atoms with van der Waals surface area (Å²) in [4.78, 5) is 22.1.